The summed E-state index contributed by atoms with van der Waals surface area (Å²) in [5.41, 5.74) is 5.73. The first-order chi connectivity index (χ1) is 8.25. The molecule has 0 unspecified atom stereocenters. The number of phenolic OH excluding ortho intramolecular Hbond substituents is 1. The molecule has 3 N–H and O–H groups in total. The maximum Gasteiger partial charge on any atom is 0.242 e. The number of rotatable bonds is 4. The van der Waals surface area contributed by atoms with E-state index < -0.39 is 5.54 Å². The molecular formula is C13H21ClN2O3. The molecule has 5 nitrogen and oxygen atoms in total. The molecule has 0 atom stereocenters. The van der Waals surface area contributed by atoms with Crippen molar-refractivity contribution in [3.63, 3.8) is 0 Å². The van der Waals surface area contributed by atoms with Crippen molar-refractivity contribution in [1.82, 2.24) is 4.90 Å². The molecule has 0 aliphatic carbocycles. The van der Waals surface area contributed by atoms with Crippen molar-refractivity contribution in [2.75, 3.05) is 14.2 Å². The Morgan fingerprint density at radius 3 is 2.53 bits per heavy atom. The van der Waals surface area contributed by atoms with Crippen LogP contribution in [0.2, 0.25) is 0 Å². The SMILES string of the molecule is COc1cc(CN(C)C(=O)C(C)(C)N)ccc1O.Cl. The minimum absolute atomic E-state index is 0. The van der Waals surface area contributed by atoms with Crippen LogP contribution in [0.1, 0.15) is 19.4 Å². The Labute approximate surface area is 119 Å². The zero-order chi connectivity index (χ0) is 13.9. The van der Waals surface area contributed by atoms with E-state index in [4.69, 9.17) is 10.5 Å². The fourth-order valence-corrected chi connectivity index (χ4v) is 1.66. The monoisotopic (exact) mass is 288 g/mol. The van der Waals surface area contributed by atoms with Crippen molar-refractivity contribution in [2.45, 2.75) is 25.9 Å². The minimum atomic E-state index is -0.893. The summed E-state index contributed by atoms with van der Waals surface area (Å²) in [4.78, 5) is 13.5. The van der Waals surface area contributed by atoms with Gasteiger partial charge in [-0.3, -0.25) is 4.79 Å². The lowest BCUT2D eigenvalue weighted by Crippen LogP contribution is -2.49. The number of methoxy groups -OCH3 is 1. The Hall–Kier alpha value is -1.46. The van der Waals surface area contributed by atoms with Gasteiger partial charge in [0.25, 0.3) is 0 Å². The van der Waals surface area contributed by atoms with Crippen LogP contribution in [-0.4, -0.2) is 35.6 Å². The van der Waals surface area contributed by atoms with Crippen LogP contribution in [0.3, 0.4) is 0 Å². The van der Waals surface area contributed by atoms with Crippen LogP contribution < -0.4 is 10.5 Å². The summed E-state index contributed by atoms with van der Waals surface area (Å²) < 4.78 is 5.02. The molecule has 108 valence electrons. The molecule has 0 aromatic heterocycles. The van der Waals surface area contributed by atoms with Crippen LogP contribution in [0.5, 0.6) is 11.5 Å². The fraction of sp³-hybridized carbons (Fsp3) is 0.462. The number of carbonyl (C=O) groups excluding carboxylic acids is 1. The van der Waals surface area contributed by atoms with Gasteiger partial charge in [0.15, 0.2) is 11.5 Å². The number of hydrogen-bond acceptors (Lipinski definition) is 4. The number of nitrogens with zero attached hydrogens (tertiary/aromatic N) is 1. The Morgan fingerprint density at radius 2 is 2.05 bits per heavy atom. The van der Waals surface area contributed by atoms with Crippen LogP contribution in [0.25, 0.3) is 0 Å². The van der Waals surface area contributed by atoms with Gasteiger partial charge in [-0.15, -0.1) is 12.4 Å². The molecule has 0 spiro atoms. The van der Waals surface area contributed by atoms with Gasteiger partial charge in [0, 0.05) is 13.6 Å². The van der Waals surface area contributed by atoms with Crippen molar-refractivity contribution < 1.29 is 14.6 Å². The standard InChI is InChI=1S/C13H20N2O3.ClH/c1-13(2,14)12(17)15(3)8-9-5-6-10(16)11(7-9)18-4;/h5-7,16H,8,14H2,1-4H3;1H. The summed E-state index contributed by atoms with van der Waals surface area (Å²) in [6.45, 7) is 3.75. The number of nitrogens with two attached hydrogens (primary N) is 1. The summed E-state index contributed by atoms with van der Waals surface area (Å²) in [6, 6.07) is 4.98. The molecule has 19 heavy (non-hydrogen) atoms. The quantitative estimate of drug-likeness (QED) is 0.881. The smallest absolute Gasteiger partial charge is 0.242 e. The van der Waals surface area contributed by atoms with Crippen molar-refractivity contribution >= 4 is 18.3 Å². The predicted molar refractivity (Wildman–Crippen MR) is 76.6 cm³/mol. The molecule has 0 radical (unpaired) electrons. The van der Waals surface area contributed by atoms with Gasteiger partial charge in [-0.25, -0.2) is 0 Å². The number of ether oxygens (including phenoxy) is 1. The third-order valence-corrected chi connectivity index (χ3v) is 2.56. The summed E-state index contributed by atoms with van der Waals surface area (Å²) >= 11 is 0. The van der Waals surface area contributed by atoms with Gasteiger partial charge in [-0.2, -0.15) is 0 Å². The third kappa shape index (κ3) is 4.61. The second-order valence-electron chi connectivity index (χ2n) is 4.89. The second-order valence-corrected chi connectivity index (χ2v) is 4.89. The lowest BCUT2D eigenvalue weighted by molar-refractivity contribution is -0.135. The normalized spacial score (nSPS) is 10.6. The average Bonchev–Trinajstić information content (AvgIpc) is 2.29. The minimum Gasteiger partial charge on any atom is -0.504 e. The van der Waals surface area contributed by atoms with Gasteiger partial charge in [0.2, 0.25) is 5.91 Å². The van der Waals surface area contributed by atoms with E-state index in [0.717, 1.165) is 5.56 Å². The molecule has 0 bridgehead atoms. The number of likely N-dealkylation sites (N-methyl/N-ethyl adjacent to an activating group) is 1. The van der Waals surface area contributed by atoms with Crippen LogP contribution in [-0.2, 0) is 11.3 Å². The Balaban J connectivity index is 0.00000324. The van der Waals surface area contributed by atoms with Crippen LogP contribution >= 0.6 is 12.4 Å². The molecule has 0 aliphatic heterocycles. The highest BCUT2D eigenvalue weighted by molar-refractivity contribution is 5.85. The molecule has 1 rings (SSSR count). The number of amides is 1. The highest BCUT2D eigenvalue weighted by atomic mass is 35.5. The second kappa shape index (κ2) is 6.63. The molecule has 1 aromatic rings. The van der Waals surface area contributed by atoms with E-state index >= 15 is 0 Å². The molecule has 1 aromatic carbocycles. The number of hydrogen-bond donors (Lipinski definition) is 2. The van der Waals surface area contributed by atoms with Crippen LogP contribution in [0, 0.1) is 0 Å². The van der Waals surface area contributed by atoms with Crippen molar-refractivity contribution in [2.24, 2.45) is 5.73 Å². The Kier molecular flexibility index (Phi) is 6.12. The molecule has 0 saturated carbocycles. The van der Waals surface area contributed by atoms with Gasteiger partial charge in [-0.05, 0) is 31.5 Å². The maximum absolute atomic E-state index is 11.9. The summed E-state index contributed by atoms with van der Waals surface area (Å²) in [7, 11) is 3.17. The van der Waals surface area contributed by atoms with E-state index in [1.807, 2.05) is 0 Å². The Bertz CT molecular complexity index is 444. The Morgan fingerprint density at radius 1 is 1.47 bits per heavy atom. The number of carbonyl (C=O) groups is 1. The molecule has 6 heteroatoms. The van der Waals surface area contributed by atoms with Crippen LogP contribution in [0.15, 0.2) is 18.2 Å². The van der Waals surface area contributed by atoms with Gasteiger partial charge >= 0.3 is 0 Å². The van der Waals surface area contributed by atoms with E-state index in [2.05, 4.69) is 0 Å². The molecule has 0 aliphatic rings. The predicted octanol–water partition coefficient (Wildman–Crippen LogP) is 1.52. The van der Waals surface area contributed by atoms with E-state index in [0.29, 0.717) is 12.3 Å². The van der Waals surface area contributed by atoms with E-state index in [9.17, 15) is 9.90 Å². The summed E-state index contributed by atoms with van der Waals surface area (Å²) in [6.07, 6.45) is 0. The molecule has 0 fully saturated rings. The number of phenols is 1. The lowest BCUT2D eigenvalue weighted by atomic mass is 10.1. The average molecular weight is 289 g/mol. The summed E-state index contributed by atoms with van der Waals surface area (Å²) in [5, 5.41) is 9.48. The first kappa shape index (κ1) is 17.5. The largest absolute Gasteiger partial charge is 0.504 e. The number of aromatic hydroxyl groups is 1. The van der Waals surface area contributed by atoms with Crippen molar-refractivity contribution in [1.29, 1.82) is 0 Å². The summed E-state index contributed by atoms with van der Waals surface area (Å²) in [5.74, 6) is 0.323. The fourth-order valence-electron chi connectivity index (χ4n) is 1.66. The molecule has 0 saturated heterocycles. The van der Waals surface area contributed by atoms with Gasteiger partial charge in [0.05, 0.1) is 12.6 Å². The topological polar surface area (TPSA) is 75.8 Å². The van der Waals surface area contributed by atoms with Gasteiger partial charge < -0.3 is 20.5 Å². The molecule has 0 heterocycles. The van der Waals surface area contributed by atoms with E-state index in [1.54, 1.807) is 44.0 Å². The third-order valence-electron chi connectivity index (χ3n) is 2.56. The zero-order valence-corrected chi connectivity index (χ0v) is 12.5. The number of benzene rings is 1. The number of halogens is 1. The highest BCUT2D eigenvalue weighted by Crippen LogP contribution is 2.26. The lowest BCUT2D eigenvalue weighted by Gasteiger charge is -2.26. The van der Waals surface area contributed by atoms with E-state index in [1.165, 1.54) is 7.11 Å². The van der Waals surface area contributed by atoms with Crippen molar-refractivity contribution in [3.8, 4) is 11.5 Å². The maximum atomic E-state index is 11.9. The van der Waals surface area contributed by atoms with Gasteiger partial charge in [0.1, 0.15) is 0 Å². The van der Waals surface area contributed by atoms with Gasteiger partial charge in [-0.1, -0.05) is 6.07 Å². The molecule has 1 amide bonds. The van der Waals surface area contributed by atoms with Crippen LogP contribution in [0.4, 0.5) is 0 Å². The first-order valence-corrected chi connectivity index (χ1v) is 5.66. The zero-order valence-electron chi connectivity index (χ0n) is 11.6. The van der Waals surface area contributed by atoms with Crippen molar-refractivity contribution in [3.05, 3.63) is 23.8 Å². The van der Waals surface area contributed by atoms with E-state index in [-0.39, 0.29) is 24.1 Å². The first-order valence-electron chi connectivity index (χ1n) is 5.66. The highest BCUT2D eigenvalue weighted by Gasteiger charge is 2.25. The molecular weight excluding hydrogens is 268 g/mol.